The molecule has 3 aromatic heterocycles. The Morgan fingerprint density at radius 3 is 2.39 bits per heavy atom. The van der Waals surface area contributed by atoms with Crippen molar-refractivity contribution in [2.75, 3.05) is 36.0 Å². The molecular formula is C14H18N8O. The van der Waals surface area contributed by atoms with Crippen LogP contribution in [-0.4, -0.2) is 56.3 Å². The van der Waals surface area contributed by atoms with Crippen molar-refractivity contribution < 1.29 is 4.63 Å². The van der Waals surface area contributed by atoms with Crippen LogP contribution in [0.15, 0.2) is 11.0 Å². The molecule has 9 nitrogen and oxygen atoms in total. The zero-order chi connectivity index (χ0) is 16.0. The molecule has 0 amide bonds. The molecule has 0 saturated carbocycles. The van der Waals surface area contributed by atoms with Crippen molar-refractivity contribution in [1.82, 2.24) is 30.1 Å². The van der Waals surface area contributed by atoms with Crippen LogP contribution in [0.2, 0.25) is 0 Å². The Balaban J connectivity index is 1.63. The molecule has 0 aromatic carbocycles. The van der Waals surface area contributed by atoms with E-state index in [-0.39, 0.29) is 0 Å². The van der Waals surface area contributed by atoms with Gasteiger partial charge in [-0.3, -0.25) is 0 Å². The summed E-state index contributed by atoms with van der Waals surface area (Å²) in [6.07, 6.45) is 1.64. The average Bonchev–Trinajstić information content (AvgIpc) is 3.17. The van der Waals surface area contributed by atoms with Crippen LogP contribution in [0.1, 0.15) is 17.0 Å². The van der Waals surface area contributed by atoms with E-state index < -0.39 is 0 Å². The maximum absolute atomic E-state index is 4.81. The predicted molar refractivity (Wildman–Crippen MR) is 83.7 cm³/mol. The average molecular weight is 314 g/mol. The first kappa shape index (κ1) is 13.9. The first-order chi connectivity index (χ1) is 11.1. The van der Waals surface area contributed by atoms with Gasteiger partial charge in [0.05, 0.1) is 11.4 Å². The Morgan fingerprint density at radius 1 is 0.957 bits per heavy atom. The molecule has 0 aliphatic carbocycles. The number of anilines is 2. The van der Waals surface area contributed by atoms with Crippen molar-refractivity contribution in [2.24, 2.45) is 0 Å². The van der Waals surface area contributed by atoms with Gasteiger partial charge in [0.15, 0.2) is 5.82 Å². The lowest BCUT2D eigenvalue weighted by Gasteiger charge is -2.36. The minimum atomic E-state index is 0.806. The van der Waals surface area contributed by atoms with Gasteiger partial charge in [-0.25, -0.2) is 4.63 Å². The van der Waals surface area contributed by atoms with Gasteiger partial charge in [-0.05, 0) is 31.5 Å². The maximum atomic E-state index is 4.81. The van der Waals surface area contributed by atoms with Gasteiger partial charge in [-0.15, -0.1) is 10.2 Å². The number of aromatic nitrogens is 6. The summed E-state index contributed by atoms with van der Waals surface area (Å²) in [5, 5.41) is 20.6. The fraction of sp³-hybridized carbons (Fsp3) is 0.500. The monoisotopic (exact) mass is 314 g/mol. The van der Waals surface area contributed by atoms with Gasteiger partial charge in [0, 0.05) is 26.2 Å². The first-order valence-electron chi connectivity index (χ1n) is 7.61. The van der Waals surface area contributed by atoms with Crippen LogP contribution in [0.25, 0.3) is 5.65 Å². The standard InChI is InChI=1S/C14H18N8O/c1-9-10(2)17-22-8-15-16-14(22)12(9)20-4-6-21(7-5-20)13-11(3)18-23-19-13/h8H,4-7H2,1-3H3. The van der Waals surface area contributed by atoms with Crippen LogP contribution >= 0.6 is 0 Å². The topological polar surface area (TPSA) is 88.5 Å². The van der Waals surface area contributed by atoms with Gasteiger partial charge in [0.25, 0.3) is 0 Å². The van der Waals surface area contributed by atoms with Crippen LogP contribution in [0, 0.1) is 20.8 Å². The minimum Gasteiger partial charge on any atom is -0.365 e. The van der Waals surface area contributed by atoms with Gasteiger partial charge in [0.1, 0.15) is 12.0 Å². The highest BCUT2D eigenvalue weighted by Crippen LogP contribution is 2.28. The quantitative estimate of drug-likeness (QED) is 0.685. The highest BCUT2D eigenvalue weighted by molar-refractivity contribution is 5.73. The second-order valence-electron chi connectivity index (χ2n) is 5.81. The Bertz CT molecular complexity index is 846. The van der Waals surface area contributed by atoms with E-state index in [1.165, 1.54) is 0 Å². The molecule has 0 bridgehead atoms. The van der Waals surface area contributed by atoms with E-state index in [2.05, 4.69) is 42.3 Å². The molecule has 0 radical (unpaired) electrons. The number of hydrogen-bond donors (Lipinski definition) is 0. The molecule has 3 aromatic rings. The van der Waals surface area contributed by atoms with E-state index in [0.717, 1.165) is 60.3 Å². The second-order valence-corrected chi connectivity index (χ2v) is 5.81. The van der Waals surface area contributed by atoms with Crippen LogP contribution in [0.5, 0.6) is 0 Å². The van der Waals surface area contributed by atoms with E-state index in [1.807, 2.05) is 13.8 Å². The van der Waals surface area contributed by atoms with Crippen molar-refractivity contribution in [1.29, 1.82) is 0 Å². The number of rotatable bonds is 2. The molecule has 1 aliphatic rings. The lowest BCUT2D eigenvalue weighted by Crippen LogP contribution is -2.47. The van der Waals surface area contributed by atoms with E-state index in [0.29, 0.717) is 0 Å². The summed E-state index contributed by atoms with van der Waals surface area (Å²) >= 11 is 0. The second kappa shape index (κ2) is 5.18. The first-order valence-corrected chi connectivity index (χ1v) is 7.61. The Hall–Kier alpha value is -2.71. The lowest BCUT2D eigenvalue weighted by molar-refractivity contribution is 0.304. The van der Waals surface area contributed by atoms with Crippen LogP contribution in [0.4, 0.5) is 11.5 Å². The number of fused-ring (bicyclic) bond motifs is 1. The Morgan fingerprint density at radius 2 is 1.70 bits per heavy atom. The van der Waals surface area contributed by atoms with Gasteiger partial charge >= 0.3 is 0 Å². The SMILES string of the molecule is Cc1nonc1N1CCN(c2c(C)c(C)nn3cnnc23)CC1. The number of aryl methyl sites for hydroxylation is 2. The highest BCUT2D eigenvalue weighted by atomic mass is 16.6. The fourth-order valence-electron chi connectivity index (χ4n) is 3.07. The third kappa shape index (κ3) is 2.19. The molecule has 4 heterocycles. The molecule has 1 aliphatic heterocycles. The summed E-state index contributed by atoms with van der Waals surface area (Å²) in [6, 6.07) is 0. The van der Waals surface area contributed by atoms with E-state index in [4.69, 9.17) is 4.63 Å². The van der Waals surface area contributed by atoms with E-state index >= 15 is 0 Å². The largest absolute Gasteiger partial charge is 0.365 e. The number of nitrogens with zero attached hydrogens (tertiary/aromatic N) is 8. The molecule has 120 valence electrons. The maximum Gasteiger partial charge on any atom is 0.201 e. The molecule has 1 saturated heterocycles. The number of hydrogen-bond acceptors (Lipinski definition) is 8. The van der Waals surface area contributed by atoms with Crippen LogP contribution < -0.4 is 9.80 Å². The smallest absolute Gasteiger partial charge is 0.201 e. The zero-order valence-electron chi connectivity index (χ0n) is 13.4. The highest BCUT2D eigenvalue weighted by Gasteiger charge is 2.25. The predicted octanol–water partition coefficient (Wildman–Crippen LogP) is 0.759. The third-order valence-electron chi connectivity index (χ3n) is 4.42. The lowest BCUT2D eigenvalue weighted by atomic mass is 10.1. The van der Waals surface area contributed by atoms with Crippen LogP contribution in [-0.2, 0) is 0 Å². The van der Waals surface area contributed by atoms with E-state index in [9.17, 15) is 0 Å². The molecule has 0 N–H and O–H groups in total. The molecule has 4 rings (SSSR count). The normalized spacial score (nSPS) is 15.6. The molecule has 1 fully saturated rings. The molecule has 9 heteroatoms. The third-order valence-corrected chi connectivity index (χ3v) is 4.42. The molecule has 0 unspecified atom stereocenters. The van der Waals surface area contributed by atoms with Crippen molar-refractivity contribution >= 4 is 17.2 Å². The fourth-order valence-corrected chi connectivity index (χ4v) is 3.07. The van der Waals surface area contributed by atoms with Crippen molar-refractivity contribution in [2.45, 2.75) is 20.8 Å². The summed E-state index contributed by atoms with van der Waals surface area (Å²) in [5.74, 6) is 0.833. The van der Waals surface area contributed by atoms with Gasteiger partial charge in [0.2, 0.25) is 5.65 Å². The molecule has 23 heavy (non-hydrogen) atoms. The van der Waals surface area contributed by atoms with Gasteiger partial charge in [-0.1, -0.05) is 5.16 Å². The summed E-state index contributed by atoms with van der Waals surface area (Å²) in [6.45, 7) is 9.47. The Kier molecular flexibility index (Phi) is 3.14. The van der Waals surface area contributed by atoms with Crippen LogP contribution in [0.3, 0.4) is 0 Å². The van der Waals surface area contributed by atoms with E-state index in [1.54, 1.807) is 10.8 Å². The summed E-state index contributed by atoms with van der Waals surface area (Å²) < 4.78 is 6.55. The summed E-state index contributed by atoms with van der Waals surface area (Å²) in [7, 11) is 0. The molecule has 0 atom stereocenters. The summed E-state index contributed by atoms with van der Waals surface area (Å²) in [4.78, 5) is 4.54. The molecular weight excluding hydrogens is 296 g/mol. The summed E-state index contributed by atoms with van der Waals surface area (Å²) in [5.41, 5.74) is 4.89. The van der Waals surface area contributed by atoms with Crippen molar-refractivity contribution in [3.8, 4) is 0 Å². The minimum absolute atomic E-state index is 0.806. The number of piperazine rings is 1. The Labute approximate surface area is 132 Å². The van der Waals surface area contributed by atoms with Gasteiger partial charge in [-0.2, -0.15) is 9.61 Å². The molecule has 0 spiro atoms. The van der Waals surface area contributed by atoms with Gasteiger partial charge < -0.3 is 9.80 Å². The van der Waals surface area contributed by atoms with Crippen molar-refractivity contribution in [3.63, 3.8) is 0 Å². The van der Waals surface area contributed by atoms with Crippen molar-refractivity contribution in [3.05, 3.63) is 23.3 Å². The zero-order valence-corrected chi connectivity index (χ0v) is 13.4.